The monoisotopic (exact) mass is 381 g/mol. The smallest absolute Gasteiger partial charge is 0.133 e. The number of H-pyrrole nitrogens is 1. The Kier molecular flexibility index (Phi) is 4.93. The molecule has 0 amide bonds. The van der Waals surface area contributed by atoms with Crippen molar-refractivity contribution in [3.05, 3.63) is 30.0 Å². The molecule has 0 unspecified atom stereocenters. The highest BCUT2D eigenvalue weighted by Crippen LogP contribution is 2.31. The second-order valence-corrected chi connectivity index (χ2v) is 8.56. The first-order chi connectivity index (χ1) is 13.4. The lowest BCUT2D eigenvalue weighted by atomic mass is 10.0. The summed E-state index contributed by atoms with van der Waals surface area (Å²) in [6.07, 6.45) is 0. The summed E-state index contributed by atoms with van der Waals surface area (Å²) in [7, 11) is 0. The minimum atomic E-state index is 0.226. The topological polar surface area (TPSA) is 70.4 Å². The molecule has 3 aromatic rings. The van der Waals surface area contributed by atoms with E-state index in [1.54, 1.807) is 0 Å². The molecule has 2 aromatic heterocycles. The van der Waals surface area contributed by atoms with Crippen molar-refractivity contribution < 1.29 is 4.74 Å². The Labute approximate surface area is 166 Å². The Morgan fingerprint density at radius 1 is 1.11 bits per heavy atom. The number of aromatic nitrogens is 2. The lowest BCUT2D eigenvalue weighted by molar-refractivity contribution is 0.128. The van der Waals surface area contributed by atoms with E-state index in [4.69, 9.17) is 10.5 Å². The number of nitrogen functional groups attached to an aromatic ring is 1. The average Bonchev–Trinajstić information content (AvgIpc) is 3.10. The van der Waals surface area contributed by atoms with E-state index in [1.165, 1.54) is 5.69 Å². The predicted octanol–water partition coefficient (Wildman–Crippen LogP) is 3.76. The molecule has 1 fully saturated rings. The van der Waals surface area contributed by atoms with Gasteiger partial charge in [-0.15, -0.1) is 0 Å². The maximum absolute atomic E-state index is 6.27. The molecular weight excluding hydrogens is 350 g/mol. The number of fused-ring (bicyclic) bond motifs is 3. The highest BCUT2D eigenvalue weighted by molar-refractivity contribution is 6.08. The van der Waals surface area contributed by atoms with Gasteiger partial charge in [-0.2, -0.15) is 0 Å². The summed E-state index contributed by atoms with van der Waals surface area (Å²) in [6, 6.07) is 8.58. The van der Waals surface area contributed by atoms with E-state index in [9.17, 15) is 0 Å². The molecule has 3 N–H and O–H groups in total. The summed E-state index contributed by atoms with van der Waals surface area (Å²) in [6.45, 7) is 14.3. The summed E-state index contributed by atoms with van der Waals surface area (Å²) in [5.41, 5.74) is 10.7. The van der Waals surface area contributed by atoms with E-state index in [0.717, 1.165) is 53.7 Å². The number of aromatic amines is 1. The first-order valence-electron chi connectivity index (χ1n) is 10.2. The molecular formula is C22H31N5O. The van der Waals surface area contributed by atoms with Gasteiger partial charge >= 0.3 is 0 Å². The van der Waals surface area contributed by atoms with Gasteiger partial charge in [0.25, 0.3) is 0 Å². The molecule has 1 aliphatic rings. The van der Waals surface area contributed by atoms with Crippen LogP contribution in [0.5, 0.6) is 0 Å². The van der Waals surface area contributed by atoms with Crippen LogP contribution in [0.15, 0.2) is 24.3 Å². The van der Waals surface area contributed by atoms with Crippen molar-refractivity contribution in [1.82, 2.24) is 14.9 Å². The van der Waals surface area contributed by atoms with Gasteiger partial charge in [0.05, 0.1) is 17.6 Å². The maximum atomic E-state index is 6.27. The largest absolute Gasteiger partial charge is 0.383 e. The van der Waals surface area contributed by atoms with Crippen LogP contribution in [0.3, 0.4) is 0 Å². The summed E-state index contributed by atoms with van der Waals surface area (Å²) < 4.78 is 5.53. The Bertz CT molecular complexity index is 980. The van der Waals surface area contributed by atoms with Crippen molar-refractivity contribution in [1.29, 1.82) is 0 Å². The van der Waals surface area contributed by atoms with Gasteiger partial charge in [0.15, 0.2) is 0 Å². The number of nitrogens with zero attached hydrogens (tertiary/aromatic N) is 3. The molecule has 0 radical (unpaired) electrons. The Morgan fingerprint density at radius 2 is 1.86 bits per heavy atom. The third kappa shape index (κ3) is 3.54. The second-order valence-electron chi connectivity index (χ2n) is 8.56. The number of nitrogens with one attached hydrogen (secondary N) is 1. The number of rotatable bonds is 4. The average molecular weight is 382 g/mol. The molecule has 0 atom stereocenters. The first-order valence-corrected chi connectivity index (χ1v) is 10.2. The molecule has 0 aliphatic carbocycles. The molecule has 28 heavy (non-hydrogen) atoms. The fourth-order valence-electron chi connectivity index (χ4n) is 4.06. The fraction of sp³-hybridized carbons (Fsp3) is 0.500. The number of ether oxygens (including phenoxy) is 1. The van der Waals surface area contributed by atoms with Gasteiger partial charge in [-0.25, -0.2) is 4.98 Å². The van der Waals surface area contributed by atoms with Gasteiger partial charge in [0.1, 0.15) is 5.82 Å². The molecule has 6 nitrogen and oxygen atoms in total. The van der Waals surface area contributed by atoms with E-state index in [-0.39, 0.29) is 5.54 Å². The van der Waals surface area contributed by atoms with Crippen molar-refractivity contribution in [2.75, 3.05) is 43.4 Å². The number of hydrogen-bond donors (Lipinski definition) is 2. The van der Waals surface area contributed by atoms with Crippen molar-refractivity contribution in [3.63, 3.8) is 0 Å². The van der Waals surface area contributed by atoms with Crippen LogP contribution in [0, 0.1) is 0 Å². The van der Waals surface area contributed by atoms with E-state index in [0.29, 0.717) is 19.0 Å². The molecule has 1 aliphatic heterocycles. The van der Waals surface area contributed by atoms with Crippen molar-refractivity contribution in [3.8, 4) is 0 Å². The van der Waals surface area contributed by atoms with E-state index in [1.807, 2.05) is 13.0 Å². The highest BCUT2D eigenvalue weighted by Gasteiger charge is 2.26. The normalized spacial score (nSPS) is 16.4. The van der Waals surface area contributed by atoms with Crippen LogP contribution < -0.4 is 10.6 Å². The van der Waals surface area contributed by atoms with Crippen LogP contribution in [-0.2, 0) is 11.3 Å². The molecule has 1 aromatic carbocycles. The number of hydrogen-bond acceptors (Lipinski definition) is 5. The zero-order valence-corrected chi connectivity index (χ0v) is 17.4. The van der Waals surface area contributed by atoms with Gasteiger partial charge in [-0.3, -0.25) is 4.90 Å². The highest BCUT2D eigenvalue weighted by atomic mass is 16.5. The lowest BCUT2D eigenvalue weighted by Gasteiger charge is -2.43. The third-order valence-electron chi connectivity index (χ3n) is 5.70. The minimum absolute atomic E-state index is 0.226. The molecule has 0 bridgehead atoms. The zero-order chi connectivity index (χ0) is 19.9. The van der Waals surface area contributed by atoms with Crippen LogP contribution in [-0.4, -0.2) is 53.2 Å². The third-order valence-corrected chi connectivity index (χ3v) is 5.70. The molecule has 1 saturated heterocycles. The standard InChI is InChI=1S/C22H31N5O/c1-5-28-14-15-12-18-20(24-15)17-7-6-16(13-19(17)25-21(18)23)26-8-10-27(11-9-26)22(2,3)4/h6-7,12-13,24H,5,8-11,14H2,1-4H3,(H2,23,25). The SMILES string of the molecule is CCOCc1cc2c(N)nc3cc(N4CCN(C(C)(C)C)CC4)ccc3c2[nH]1. The maximum Gasteiger partial charge on any atom is 0.133 e. The Morgan fingerprint density at radius 3 is 2.54 bits per heavy atom. The number of piperazine rings is 1. The van der Waals surface area contributed by atoms with Crippen LogP contribution in [0.1, 0.15) is 33.4 Å². The number of nitrogens with two attached hydrogens (primary N) is 1. The molecule has 0 spiro atoms. The fourth-order valence-corrected chi connectivity index (χ4v) is 4.06. The zero-order valence-electron chi connectivity index (χ0n) is 17.4. The van der Waals surface area contributed by atoms with Gasteiger partial charge in [0, 0.05) is 60.5 Å². The molecule has 0 saturated carbocycles. The summed E-state index contributed by atoms with van der Waals surface area (Å²) in [4.78, 5) is 13.1. The molecule has 150 valence electrons. The van der Waals surface area contributed by atoms with Crippen molar-refractivity contribution in [2.24, 2.45) is 0 Å². The second kappa shape index (κ2) is 7.26. The number of pyridine rings is 1. The molecule has 6 heteroatoms. The Balaban J connectivity index is 1.63. The quantitative estimate of drug-likeness (QED) is 0.720. The van der Waals surface area contributed by atoms with Crippen LogP contribution in [0.25, 0.3) is 21.8 Å². The summed E-state index contributed by atoms with van der Waals surface area (Å²) in [5, 5.41) is 2.07. The predicted molar refractivity (Wildman–Crippen MR) is 117 cm³/mol. The minimum Gasteiger partial charge on any atom is -0.383 e. The summed E-state index contributed by atoms with van der Waals surface area (Å²) >= 11 is 0. The number of anilines is 2. The van der Waals surface area contributed by atoms with Gasteiger partial charge < -0.3 is 20.4 Å². The lowest BCUT2D eigenvalue weighted by Crippen LogP contribution is -2.53. The summed E-state index contributed by atoms with van der Waals surface area (Å²) in [5.74, 6) is 0.566. The van der Waals surface area contributed by atoms with Gasteiger partial charge in [0.2, 0.25) is 0 Å². The van der Waals surface area contributed by atoms with Gasteiger partial charge in [-0.1, -0.05) is 0 Å². The van der Waals surface area contributed by atoms with Crippen LogP contribution in [0.4, 0.5) is 11.5 Å². The van der Waals surface area contributed by atoms with Crippen molar-refractivity contribution in [2.45, 2.75) is 39.8 Å². The van der Waals surface area contributed by atoms with E-state index < -0.39 is 0 Å². The van der Waals surface area contributed by atoms with Crippen molar-refractivity contribution >= 4 is 33.3 Å². The molecule has 3 heterocycles. The van der Waals surface area contributed by atoms with Crippen LogP contribution in [0.2, 0.25) is 0 Å². The Hall–Kier alpha value is -2.31. The van der Waals surface area contributed by atoms with Gasteiger partial charge in [-0.05, 0) is 52.0 Å². The number of benzene rings is 1. The molecule has 4 rings (SSSR count). The van der Waals surface area contributed by atoms with E-state index in [2.05, 4.69) is 58.7 Å². The van der Waals surface area contributed by atoms with Crippen LogP contribution >= 0.6 is 0 Å². The van der Waals surface area contributed by atoms with E-state index >= 15 is 0 Å². The first kappa shape index (κ1) is 19.0.